The fraction of sp³-hybridized carbons (Fsp3) is 0.538. The summed E-state index contributed by atoms with van der Waals surface area (Å²) in [6.45, 7) is 1.07. The van der Waals surface area contributed by atoms with Gasteiger partial charge in [0.05, 0.1) is 12.0 Å². The van der Waals surface area contributed by atoms with Crippen LogP contribution in [-0.2, 0) is 6.42 Å². The lowest BCUT2D eigenvalue weighted by atomic mass is 10.0. The average Bonchev–Trinajstić information content (AvgIpc) is 2.81. The summed E-state index contributed by atoms with van der Waals surface area (Å²) in [5, 5.41) is 3.43. The number of ether oxygens (including phenoxy) is 1. The van der Waals surface area contributed by atoms with Gasteiger partial charge in [0.25, 0.3) is 0 Å². The number of halogens is 1. The van der Waals surface area contributed by atoms with Gasteiger partial charge in [-0.1, -0.05) is 0 Å². The lowest BCUT2D eigenvalue weighted by molar-refractivity contribution is 0.394. The molecule has 2 rings (SSSR count). The lowest BCUT2D eigenvalue weighted by Crippen LogP contribution is -2.24. The SMILES string of the molecule is COc1c(CC2CCCN2)cc(F)cc1SC. The fourth-order valence-electron chi connectivity index (χ4n) is 2.35. The second kappa shape index (κ2) is 5.74. The highest BCUT2D eigenvalue weighted by Crippen LogP contribution is 2.33. The molecule has 1 N–H and O–H groups in total. The van der Waals surface area contributed by atoms with E-state index in [1.165, 1.54) is 24.2 Å². The first kappa shape index (κ1) is 12.7. The number of benzene rings is 1. The van der Waals surface area contributed by atoms with E-state index >= 15 is 0 Å². The highest BCUT2D eigenvalue weighted by atomic mass is 32.2. The zero-order chi connectivity index (χ0) is 12.3. The lowest BCUT2D eigenvalue weighted by Gasteiger charge is -2.16. The zero-order valence-corrected chi connectivity index (χ0v) is 11.1. The maximum Gasteiger partial charge on any atom is 0.135 e. The van der Waals surface area contributed by atoms with Gasteiger partial charge >= 0.3 is 0 Å². The van der Waals surface area contributed by atoms with Crippen LogP contribution < -0.4 is 10.1 Å². The molecule has 0 aromatic heterocycles. The highest BCUT2D eigenvalue weighted by Gasteiger charge is 2.19. The maximum atomic E-state index is 13.5. The van der Waals surface area contributed by atoms with E-state index in [1.807, 2.05) is 6.26 Å². The van der Waals surface area contributed by atoms with E-state index in [0.29, 0.717) is 6.04 Å². The zero-order valence-electron chi connectivity index (χ0n) is 10.3. The molecule has 0 bridgehead atoms. The van der Waals surface area contributed by atoms with Crippen molar-refractivity contribution in [2.24, 2.45) is 0 Å². The Kier molecular flexibility index (Phi) is 4.29. The minimum atomic E-state index is -0.178. The monoisotopic (exact) mass is 255 g/mol. The van der Waals surface area contributed by atoms with Gasteiger partial charge < -0.3 is 10.1 Å². The molecule has 17 heavy (non-hydrogen) atoms. The van der Waals surface area contributed by atoms with Crippen molar-refractivity contribution in [2.45, 2.75) is 30.2 Å². The van der Waals surface area contributed by atoms with Crippen molar-refractivity contribution in [3.63, 3.8) is 0 Å². The molecule has 1 aromatic carbocycles. The van der Waals surface area contributed by atoms with Crippen LogP contribution in [-0.4, -0.2) is 26.0 Å². The van der Waals surface area contributed by atoms with Crippen LogP contribution in [0.15, 0.2) is 17.0 Å². The summed E-state index contributed by atoms with van der Waals surface area (Å²) in [4.78, 5) is 0.875. The van der Waals surface area contributed by atoms with Crippen molar-refractivity contribution in [1.82, 2.24) is 5.32 Å². The van der Waals surface area contributed by atoms with Crippen LogP contribution >= 0.6 is 11.8 Å². The standard InChI is InChI=1S/C13H18FNOS/c1-16-13-9(7-11-4-3-5-15-11)6-10(14)8-12(13)17-2/h6,8,11,15H,3-5,7H2,1-2H3. The number of rotatable bonds is 4. The Morgan fingerprint density at radius 2 is 2.35 bits per heavy atom. The quantitative estimate of drug-likeness (QED) is 0.836. The number of hydrogen-bond acceptors (Lipinski definition) is 3. The van der Waals surface area contributed by atoms with Crippen molar-refractivity contribution < 1.29 is 9.13 Å². The molecule has 1 fully saturated rings. The minimum absolute atomic E-state index is 0.178. The van der Waals surface area contributed by atoms with E-state index in [-0.39, 0.29) is 5.82 Å². The van der Waals surface area contributed by atoms with Gasteiger partial charge in [-0.15, -0.1) is 11.8 Å². The Balaban J connectivity index is 2.26. The third-order valence-electron chi connectivity index (χ3n) is 3.15. The molecule has 1 unspecified atom stereocenters. The van der Waals surface area contributed by atoms with Gasteiger partial charge in [-0.2, -0.15) is 0 Å². The average molecular weight is 255 g/mol. The van der Waals surface area contributed by atoms with Gasteiger partial charge in [-0.3, -0.25) is 0 Å². The molecule has 0 spiro atoms. The molecule has 0 amide bonds. The third-order valence-corrected chi connectivity index (χ3v) is 3.89. The number of nitrogens with one attached hydrogen (secondary N) is 1. The Morgan fingerprint density at radius 3 is 2.94 bits per heavy atom. The first-order valence-electron chi connectivity index (χ1n) is 5.88. The summed E-state index contributed by atoms with van der Waals surface area (Å²) in [5.74, 6) is 0.649. The van der Waals surface area contributed by atoms with Crippen molar-refractivity contribution in [1.29, 1.82) is 0 Å². The van der Waals surface area contributed by atoms with E-state index in [9.17, 15) is 4.39 Å². The smallest absolute Gasteiger partial charge is 0.135 e. The van der Waals surface area contributed by atoms with Crippen molar-refractivity contribution >= 4 is 11.8 Å². The van der Waals surface area contributed by atoms with Crippen LogP contribution in [0, 0.1) is 5.82 Å². The van der Waals surface area contributed by atoms with E-state index in [1.54, 1.807) is 13.2 Å². The molecule has 94 valence electrons. The van der Waals surface area contributed by atoms with E-state index in [4.69, 9.17) is 4.74 Å². The molecule has 1 heterocycles. The predicted molar refractivity (Wildman–Crippen MR) is 69.5 cm³/mol. The Morgan fingerprint density at radius 1 is 1.53 bits per heavy atom. The number of thioether (sulfide) groups is 1. The second-order valence-electron chi connectivity index (χ2n) is 4.30. The largest absolute Gasteiger partial charge is 0.495 e. The Labute approximate surface area is 106 Å². The maximum absolute atomic E-state index is 13.5. The van der Waals surface area contributed by atoms with E-state index < -0.39 is 0 Å². The summed E-state index contributed by atoms with van der Waals surface area (Å²) in [6, 6.07) is 3.59. The van der Waals surface area contributed by atoms with Gasteiger partial charge in [0, 0.05) is 6.04 Å². The molecule has 1 atom stereocenters. The third kappa shape index (κ3) is 2.93. The van der Waals surface area contributed by atoms with Crippen LogP contribution in [0.2, 0.25) is 0 Å². The molecule has 1 aromatic rings. The Bertz CT molecular complexity index is 391. The summed E-state index contributed by atoms with van der Waals surface area (Å²) < 4.78 is 18.9. The highest BCUT2D eigenvalue weighted by molar-refractivity contribution is 7.98. The second-order valence-corrected chi connectivity index (χ2v) is 5.15. The molecule has 0 aliphatic carbocycles. The van der Waals surface area contributed by atoms with Gasteiger partial charge in [0.2, 0.25) is 0 Å². The normalized spacial score (nSPS) is 19.6. The molecule has 1 aliphatic rings. The summed E-state index contributed by atoms with van der Waals surface area (Å²) >= 11 is 1.52. The van der Waals surface area contributed by atoms with E-state index in [0.717, 1.165) is 35.6 Å². The molecular weight excluding hydrogens is 237 g/mol. The van der Waals surface area contributed by atoms with E-state index in [2.05, 4.69) is 5.32 Å². The molecule has 0 saturated carbocycles. The Hall–Kier alpha value is -0.740. The van der Waals surface area contributed by atoms with Crippen molar-refractivity contribution in [2.75, 3.05) is 19.9 Å². The van der Waals surface area contributed by atoms with Gasteiger partial charge in [0.1, 0.15) is 11.6 Å². The molecule has 1 saturated heterocycles. The van der Waals surface area contributed by atoms with Crippen LogP contribution in [0.25, 0.3) is 0 Å². The van der Waals surface area contributed by atoms with Crippen molar-refractivity contribution in [3.8, 4) is 5.75 Å². The van der Waals surface area contributed by atoms with Crippen LogP contribution in [0.5, 0.6) is 5.75 Å². The van der Waals surface area contributed by atoms with Gasteiger partial charge in [-0.05, 0) is 49.8 Å². The van der Waals surface area contributed by atoms with Crippen LogP contribution in [0.1, 0.15) is 18.4 Å². The summed E-state index contributed by atoms with van der Waals surface area (Å²) in [5.41, 5.74) is 0.969. The topological polar surface area (TPSA) is 21.3 Å². The predicted octanol–water partition coefficient (Wildman–Crippen LogP) is 2.85. The van der Waals surface area contributed by atoms with Crippen molar-refractivity contribution in [3.05, 3.63) is 23.5 Å². The van der Waals surface area contributed by atoms with Crippen LogP contribution in [0.4, 0.5) is 4.39 Å². The molecular formula is C13H18FNOS. The van der Waals surface area contributed by atoms with Gasteiger partial charge in [0.15, 0.2) is 0 Å². The van der Waals surface area contributed by atoms with Gasteiger partial charge in [-0.25, -0.2) is 4.39 Å². The van der Waals surface area contributed by atoms with Crippen LogP contribution in [0.3, 0.4) is 0 Å². The molecule has 2 nitrogen and oxygen atoms in total. The first-order valence-corrected chi connectivity index (χ1v) is 7.11. The molecule has 4 heteroatoms. The molecule has 1 aliphatic heterocycles. The number of methoxy groups -OCH3 is 1. The minimum Gasteiger partial charge on any atom is -0.495 e. The fourth-order valence-corrected chi connectivity index (χ4v) is 2.98. The summed E-state index contributed by atoms with van der Waals surface area (Å²) in [7, 11) is 1.65. The molecule has 0 radical (unpaired) electrons. The summed E-state index contributed by atoms with van der Waals surface area (Å²) in [6.07, 6.45) is 5.15. The first-order chi connectivity index (χ1) is 8.24. The number of hydrogen-bond donors (Lipinski definition) is 1.